The minimum Gasteiger partial charge on any atom is -0.480 e. The SMILES string of the molecule is CC(C)(CC=O)C(C)(C)CC(=O)NC(CCC(=O)NCCOCCO)C(=O)O. The molecule has 0 aromatic carbocycles. The zero-order valence-electron chi connectivity index (χ0n) is 17.2. The summed E-state index contributed by atoms with van der Waals surface area (Å²) in [6.07, 6.45) is 1.07. The van der Waals surface area contributed by atoms with Gasteiger partial charge < -0.3 is 30.4 Å². The first-order chi connectivity index (χ1) is 13.0. The molecule has 162 valence electrons. The van der Waals surface area contributed by atoms with E-state index in [1.54, 1.807) is 0 Å². The predicted molar refractivity (Wildman–Crippen MR) is 103 cm³/mol. The fourth-order valence-corrected chi connectivity index (χ4v) is 2.42. The van der Waals surface area contributed by atoms with Gasteiger partial charge in [0.05, 0.1) is 19.8 Å². The van der Waals surface area contributed by atoms with Crippen molar-refractivity contribution < 1.29 is 34.1 Å². The highest BCUT2D eigenvalue weighted by molar-refractivity contribution is 5.84. The first kappa shape index (κ1) is 26.0. The van der Waals surface area contributed by atoms with Crippen LogP contribution < -0.4 is 10.6 Å². The second-order valence-electron chi connectivity index (χ2n) is 8.00. The van der Waals surface area contributed by atoms with E-state index in [9.17, 15) is 24.3 Å². The third-order valence-electron chi connectivity index (χ3n) is 5.13. The maximum atomic E-state index is 12.3. The van der Waals surface area contributed by atoms with Crippen molar-refractivity contribution in [2.24, 2.45) is 10.8 Å². The minimum atomic E-state index is -1.21. The van der Waals surface area contributed by atoms with Gasteiger partial charge in [-0.25, -0.2) is 4.79 Å². The van der Waals surface area contributed by atoms with Crippen LogP contribution in [0.5, 0.6) is 0 Å². The molecule has 2 amide bonds. The van der Waals surface area contributed by atoms with Crippen LogP contribution in [0.3, 0.4) is 0 Å². The Morgan fingerprint density at radius 1 is 1.07 bits per heavy atom. The molecule has 0 radical (unpaired) electrons. The molecule has 0 aromatic rings. The quantitative estimate of drug-likeness (QED) is 0.231. The molecule has 0 saturated heterocycles. The largest absolute Gasteiger partial charge is 0.480 e. The summed E-state index contributed by atoms with van der Waals surface area (Å²) in [7, 11) is 0. The highest BCUT2D eigenvalue weighted by Gasteiger charge is 2.38. The van der Waals surface area contributed by atoms with Crippen molar-refractivity contribution in [1.82, 2.24) is 10.6 Å². The maximum absolute atomic E-state index is 12.3. The average molecular weight is 402 g/mol. The first-order valence-electron chi connectivity index (χ1n) is 9.38. The normalized spacial score (nSPS) is 12.9. The molecule has 0 fully saturated rings. The van der Waals surface area contributed by atoms with Crippen molar-refractivity contribution in [1.29, 1.82) is 0 Å². The Kier molecular flexibility index (Phi) is 11.6. The van der Waals surface area contributed by atoms with Gasteiger partial charge in [0.2, 0.25) is 11.8 Å². The number of rotatable bonds is 15. The van der Waals surface area contributed by atoms with E-state index in [1.165, 1.54) is 0 Å². The van der Waals surface area contributed by atoms with Crippen molar-refractivity contribution in [3.05, 3.63) is 0 Å². The van der Waals surface area contributed by atoms with E-state index < -0.39 is 28.7 Å². The van der Waals surface area contributed by atoms with Crippen LogP contribution in [0.15, 0.2) is 0 Å². The van der Waals surface area contributed by atoms with E-state index in [0.717, 1.165) is 6.29 Å². The van der Waals surface area contributed by atoms with Crippen LogP contribution >= 0.6 is 0 Å². The van der Waals surface area contributed by atoms with Crippen molar-refractivity contribution in [2.75, 3.05) is 26.4 Å². The summed E-state index contributed by atoms with van der Waals surface area (Å²) in [5.41, 5.74) is -0.949. The highest BCUT2D eigenvalue weighted by Crippen LogP contribution is 2.43. The molecule has 28 heavy (non-hydrogen) atoms. The summed E-state index contributed by atoms with van der Waals surface area (Å²) in [6, 6.07) is -1.17. The Bertz CT molecular complexity index is 532. The van der Waals surface area contributed by atoms with Gasteiger partial charge in [-0.1, -0.05) is 27.7 Å². The fourth-order valence-electron chi connectivity index (χ4n) is 2.42. The number of carboxylic acids is 1. The van der Waals surface area contributed by atoms with Gasteiger partial charge in [-0.05, 0) is 17.3 Å². The van der Waals surface area contributed by atoms with Gasteiger partial charge in [-0.2, -0.15) is 0 Å². The number of carbonyl (C=O) groups is 4. The van der Waals surface area contributed by atoms with Gasteiger partial charge >= 0.3 is 5.97 Å². The van der Waals surface area contributed by atoms with E-state index >= 15 is 0 Å². The summed E-state index contributed by atoms with van der Waals surface area (Å²) in [4.78, 5) is 46.4. The molecule has 0 aliphatic heterocycles. The molecule has 0 heterocycles. The van der Waals surface area contributed by atoms with Crippen molar-refractivity contribution in [2.45, 2.75) is 59.4 Å². The molecule has 0 aromatic heterocycles. The molecule has 0 bridgehead atoms. The lowest BCUT2D eigenvalue weighted by atomic mass is 9.64. The molecule has 0 saturated carbocycles. The minimum absolute atomic E-state index is 0.0391. The Balaban J connectivity index is 4.54. The van der Waals surface area contributed by atoms with Crippen LogP contribution in [0.25, 0.3) is 0 Å². The number of ether oxygens (including phenoxy) is 1. The number of carbonyl (C=O) groups excluding carboxylic acids is 3. The van der Waals surface area contributed by atoms with E-state index in [-0.39, 0.29) is 58.0 Å². The molecule has 4 N–H and O–H groups in total. The number of aldehydes is 1. The molecular formula is C19H34N2O7. The second-order valence-corrected chi connectivity index (χ2v) is 8.00. The molecule has 0 rings (SSSR count). The van der Waals surface area contributed by atoms with Crippen LogP contribution in [0.1, 0.15) is 53.4 Å². The lowest BCUT2D eigenvalue weighted by Gasteiger charge is -2.40. The maximum Gasteiger partial charge on any atom is 0.326 e. The smallest absolute Gasteiger partial charge is 0.326 e. The lowest BCUT2D eigenvalue weighted by molar-refractivity contribution is -0.142. The molecule has 0 aliphatic carbocycles. The fraction of sp³-hybridized carbons (Fsp3) is 0.789. The molecule has 9 heteroatoms. The Hall–Kier alpha value is -2.00. The van der Waals surface area contributed by atoms with Gasteiger partial charge in [0, 0.05) is 25.8 Å². The number of nitrogens with one attached hydrogen (secondary N) is 2. The third kappa shape index (κ3) is 9.80. The summed E-state index contributed by atoms with van der Waals surface area (Å²) < 4.78 is 5.00. The number of aliphatic hydroxyl groups is 1. The molecule has 1 atom stereocenters. The zero-order chi connectivity index (χ0) is 21.8. The first-order valence-corrected chi connectivity index (χ1v) is 9.38. The van der Waals surface area contributed by atoms with Crippen LogP contribution in [0, 0.1) is 10.8 Å². The zero-order valence-corrected chi connectivity index (χ0v) is 17.2. The molecule has 0 aliphatic rings. The standard InChI is InChI=1S/C19H34N2O7/c1-18(2,7-9-22)19(3,4)13-16(25)21-14(17(26)27)5-6-15(24)20-8-11-28-12-10-23/h9,14,23H,5-8,10-13H2,1-4H3,(H,20,24)(H,21,25)(H,26,27). The van der Waals surface area contributed by atoms with Crippen LogP contribution in [0.4, 0.5) is 0 Å². The summed E-state index contributed by atoms with van der Waals surface area (Å²) in [6.45, 7) is 8.08. The number of hydrogen-bond donors (Lipinski definition) is 4. The average Bonchev–Trinajstić information content (AvgIpc) is 2.57. The van der Waals surface area contributed by atoms with Gasteiger partial charge in [0.25, 0.3) is 0 Å². The second kappa shape index (κ2) is 12.5. The van der Waals surface area contributed by atoms with E-state index in [0.29, 0.717) is 0 Å². The summed E-state index contributed by atoms with van der Waals surface area (Å²) in [5.74, 6) is -1.99. The number of hydrogen-bond acceptors (Lipinski definition) is 6. The molecule has 0 spiro atoms. The van der Waals surface area contributed by atoms with Crippen molar-refractivity contribution >= 4 is 24.1 Å². The Labute approximate surface area is 166 Å². The Morgan fingerprint density at radius 2 is 1.71 bits per heavy atom. The van der Waals surface area contributed by atoms with E-state index in [1.807, 2.05) is 27.7 Å². The van der Waals surface area contributed by atoms with Crippen LogP contribution in [-0.2, 0) is 23.9 Å². The van der Waals surface area contributed by atoms with E-state index in [4.69, 9.17) is 9.84 Å². The number of aliphatic hydroxyl groups excluding tert-OH is 1. The van der Waals surface area contributed by atoms with Crippen molar-refractivity contribution in [3.8, 4) is 0 Å². The summed E-state index contributed by atoms with van der Waals surface area (Å²) in [5, 5.41) is 22.9. The number of carboxylic acid groups (broad SMARTS) is 1. The van der Waals surface area contributed by atoms with Gasteiger partial charge in [0.15, 0.2) is 0 Å². The number of aliphatic carboxylic acids is 1. The third-order valence-corrected chi connectivity index (χ3v) is 5.13. The number of amides is 2. The predicted octanol–water partition coefficient (Wildman–Crippen LogP) is 0.493. The van der Waals surface area contributed by atoms with Crippen LogP contribution in [-0.4, -0.2) is 66.7 Å². The van der Waals surface area contributed by atoms with Gasteiger partial charge in [-0.3, -0.25) is 9.59 Å². The molecular weight excluding hydrogens is 368 g/mol. The van der Waals surface area contributed by atoms with E-state index in [2.05, 4.69) is 10.6 Å². The van der Waals surface area contributed by atoms with Gasteiger partial charge in [0.1, 0.15) is 12.3 Å². The molecule has 9 nitrogen and oxygen atoms in total. The molecule has 1 unspecified atom stereocenters. The van der Waals surface area contributed by atoms with Crippen molar-refractivity contribution in [3.63, 3.8) is 0 Å². The summed E-state index contributed by atoms with van der Waals surface area (Å²) >= 11 is 0. The topological polar surface area (TPSA) is 142 Å². The monoisotopic (exact) mass is 402 g/mol. The van der Waals surface area contributed by atoms with Crippen LogP contribution in [0.2, 0.25) is 0 Å². The lowest BCUT2D eigenvalue weighted by Crippen LogP contribution is -2.45. The Morgan fingerprint density at radius 3 is 2.25 bits per heavy atom. The van der Waals surface area contributed by atoms with Gasteiger partial charge in [-0.15, -0.1) is 0 Å². The highest BCUT2D eigenvalue weighted by atomic mass is 16.5.